The largest absolute Gasteiger partial charge is 0.434 e. The number of morpholine rings is 1. The van der Waals surface area contributed by atoms with Crippen molar-refractivity contribution in [3.63, 3.8) is 0 Å². The lowest BCUT2D eigenvalue weighted by molar-refractivity contribution is 0.0274. The number of H-pyrrole nitrogens is 1. The Hall–Kier alpha value is -2.95. The summed E-state index contributed by atoms with van der Waals surface area (Å²) in [4.78, 5) is 28.8. The lowest BCUT2D eigenvalue weighted by Crippen LogP contribution is -2.49. The number of aromatic amines is 1. The zero-order valence-electron chi connectivity index (χ0n) is 22.9. The highest BCUT2D eigenvalue weighted by atomic mass is 16.5. The summed E-state index contributed by atoms with van der Waals surface area (Å²) in [5.41, 5.74) is 1.51. The molecule has 2 saturated carbocycles. The van der Waals surface area contributed by atoms with Crippen LogP contribution in [0.2, 0.25) is 0 Å². The van der Waals surface area contributed by atoms with Crippen LogP contribution in [0.3, 0.4) is 0 Å². The van der Waals surface area contributed by atoms with Crippen LogP contribution in [0.25, 0.3) is 22.9 Å². The Labute approximate surface area is 222 Å². The lowest BCUT2D eigenvalue weighted by atomic mass is 9.80. The van der Waals surface area contributed by atoms with Crippen molar-refractivity contribution in [2.75, 3.05) is 23.4 Å². The Morgan fingerprint density at radius 3 is 2.55 bits per heavy atom. The van der Waals surface area contributed by atoms with E-state index in [0.29, 0.717) is 24.1 Å². The summed E-state index contributed by atoms with van der Waals surface area (Å²) >= 11 is 0. The number of ether oxygens (including phenoxy) is 1. The highest BCUT2D eigenvalue weighted by molar-refractivity contribution is 5.87. The second kappa shape index (κ2) is 10.3. The average Bonchev–Trinajstić information content (AvgIpc) is 3.45. The quantitative estimate of drug-likeness (QED) is 0.467. The molecule has 3 aromatic rings. The van der Waals surface area contributed by atoms with Gasteiger partial charge in [-0.2, -0.15) is 4.98 Å². The molecule has 2 aliphatic carbocycles. The maximum atomic E-state index is 11.7. The van der Waals surface area contributed by atoms with Gasteiger partial charge in [0.25, 0.3) is 5.89 Å². The van der Waals surface area contributed by atoms with Gasteiger partial charge in [-0.15, -0.1) is 5.10 Å². The third-order valence-electron chi connectivity index (χ3n) is 9.15. The van der Waals surface area contributed by atoms with Crippen molar-refractivity contribution in [2.45, 2.75) is 97.4 Å². The fourth-order valence-corrected chi connectivity index (χ4v) is 6.20. The molecule has 0 unspecified atom stereocenters. The molecule has 3 fully saturated rings. The number of aromatic nitrogens is 6. The molecule has 6 rings (SSSR count). The second-order valence-electron chi connectivity index (χ2n) is 11.8. The molecule has 2 N–H and O–H groups in total. The molecule has 3 aliphatic rings. The molecular formula is C27H40N8O3. The number of hydrogen-bond donors (Lipinski definition) is 2. The van der Waals surface area contributed by atoms with Gasteiger partial charge in [-0.05, 0) is 64.2 Å². The number of nitrogens with zero attached hydrogens (tertiary/aromatic N) is 6. The summed E-state index contributed by atoms with van der Waals surface area (Å²) in [6.07, 6.45) is 8.77. The van der Waals surface area contributed by atoms with Crippen LogP contribution in [-0.2, 0) is 11.3 Å². The predicted octanol–water partition coefficient (Wildman–Crippen LogP) is 4.21. The molecular weight excluding hydrogens is 484 g/mol. The van der Waals surface area contributed by atoms with Gasteiger partial charge in [-0.25, -0.2) is 19.9 Å². The van der Waals surface area contributed by atoms with Gasteiger partial charge in [0.05, 0.1) is 18.8 Å². The molecule has 0 spiro atoms. The highest BCUT2D eigenvalue weighted by Gasteiger charge is 2.33. The van der Waals surface area contributed by atoms with Crippen molar-refractivity contribution in [1.82, 2.24) is 29.7 Å². The van der Waals surface area contributed by atoms with E-state index in [9.17, 15) is 4.79 Å². The van der Waals surface area contributed by atoms with E-state index in [2.05, 4.69) is 52.7 Å². The Kier molecular flexibility index (Phi) is 6.88. The van der Waals surface area contributed by atoms with Gasteiger partial charge in [0, 0.05) is 19.1 Å². The molecule has 11 heteroatoms. The van der Waals surface area contributed by atoms with Crippen LogP contribution in [0.1, 0.15) is 72.6 Å². The van der Waals surface area contributed by atoms with E-state index >= 15 is 0 Å². The number of anilines is 2. The first-order chi connectivity index (χ1) is 18.4. The summed E-state index contributed by atoms with van der Waals surface area (Å²) in [7, 11) is 0. The third kappa shape index (κ3) is 4.81. The van der Waals surface area contributed by atoms with Gasteiger partial charge in [0.2, 0.25) is 11.8 Å². The van der Waals surface area contributed by atoms with Gasteiger partial charge in [-0.3, -0.25) is 0 Å². The van der Waals surface area contributed by atoms with Crippen LogP contribution >= 0.6 is 0 Å². The second-order valence-corrected chi connectivity index (χ2v) is 11.8. The molecule has 1 saturated heterocycles. The highest BCUT2D eigenvalue weighted by Crippen LogP contribution is 2.37. The monoisotopic (exact) mass is 524 g/mol. The van der Waals surface area contributed by atoms with E-state index in [4.69, 9.17) is 24.1 Å². The first-order valence-corrected chi connectivity index (χ1v) is 14.4. The molecule has 0 aromatic carbocycles. The van der Waals surface area contributed by atoms with Crippen molar-refractivity contribution >= 4 is 22.9 Å². The van der Waals surface area contributed by atoms with Crippen LogP contribution in [0.4, 0.5) is 11.8 Å². The van der Waals surface area contributed by atoms with Crippen molar-refractivity contribution in [3.05, 3.63) is 10.6 Å². The van der Waals surface area contributed by atoms with Gasteiger partial charge < -0.3 is 23.9 Å². The summed E-state index contributed by atoms with van der Waals surface area (Å²) in [5.74, 6) is 3.32. The van der Waals surface area contributed by atoms with Crippen LogP contribution in [0.5, 0.6) is 0 Å². The smallest absolute Gasteiger partial charge is 0.384 e. The number of hydrogen-bond acceptors (Lipinski definition) is 9. The number of rotatable bonds is 7. The molecule has 38 heavy (non-hydrogen) atoms. The normalized spacial score (nSPS) is 27.4. The summed E-state index contributed by atoms with van der Waals surface area (Å²) in [5, 5.41) is 10.0. The van der Waals surface area contributed by atoms with E-state index in [1.165, 1.54) is 44.9 Å². The van der Waals surface area contributed by atoms with Gasteiger partial charge in [-0.1, -0.05) is 26.2 Å². The average molecular weight is 525 g/mol. The molecule has 206 valence electrons. The first-order valence-electron chi connectivity index (χ1n) is 14.4. The number of nitrogens with one attached hydrogen (secondary N) is 2. The SMILES string of the molecule is C[C@@H]1[C@@H](C)OCCN1c1nc2nc(-c3n[nH]c(=O)o3)nc(N[C@H](C)C3CCC3)c2n1C[C@H]1CC[C@H](C)CC1. The van der Waals surface area contributed by atoms with Crippen LogP contribution in [0.15, 0.2) is 9.21 Å². The number of imidazole rings is 1. The summed E-state index contributed by atoms with van der Waals surface area (Å²) in [6.45, 7) is 11.2. The molecule has 0 amide bonds. The van der Waals surface area contributed by atoms with E-state index in [1.54, 1.807) is 0 Å². The number of fused-ring (bicyclic) bond motifs is 1. The molecule has 0 bridgehead atoms. The Balaban J connectivity index is 1.49. The lowest BCUT2D eigenvalue weighted by Gasteiger charge is -2.39. The van der Waals surface area contributed by atoms with E-state index in [0.717, 1.165) is 36.3 Å². The summed E-state index contributed by atoms with van der Waals surface area (Å²) in [6, 6.07) is 0.429. The van der Waals surface area contributed by atoms with Crippen molar-refractivity contribution < 1.29 is 9.15 Å². The van der Waals surface area contributed by atoms with Crippen LogP contribution in [-0.4, -0.2) is 61.1 Å². The van der Waals surface area contributed by atoms with Gasteiger partial charge in [0.15, 0.2) is 11.5 Å². The van der Waals surface area contributed by atoms with Crippen molar-refractivity contribution in [2.24, 2.45) is 17.8 Å². The topological polar surface area (TPSA) is 127 Å². The Bertz CT molecular complexity index is 1320. The Morgan fingerprint density at radius 2 is 1.87 bits per heavy atom. The van der Waals surface area contributed by atoms with Crippen molar-refractivity contribution in [1.29, 1.82) is 0 Å². The molecule has 3 aromatic heterocycles. The van der Waals surface area contributed by atoms with E-state index in [-0.39, 0.29) is 29.9 Å². The standard InChI is InChI=1S/C27H40N8O3/c1-15-8-10-19(11-9-15)14-35-21-22(28-16(2)20-6-5-7-20)29-24(25-32-33-27(36)38-25)30-23(21)31-26(35)34-12-13-37-18(4)17(34)3/h15-20H,5-14H2,1-4H3,(H,33,36)(H,28,29,30)/t15-,16-,17-,18-,19-/m1/s1. The zero-order chi connectivity index (χ0) is 26.4. The molecule has 0 radical (unpaired) electrons. The maximum Gasteiger partial charge on any atom is 0.434 e. The summed E-state index contributed by atoms with van der Waals surface area (Å²) < 4.78 is 13.5. The molecule has 4 heterocycles. The molecule has 11 nitrogen and oxygen atoms in total. The fraction of sp³-hybridized carbons (Fsp3) is 0.741. The Morgan fingerprint density at radius 1 is 1.08 bits per heavy atom. The van der Waals surface area contributed by atoms with Crippen LogP contribution in [0, 0.1) is 17.8 Å². The van der Waals surface area contributed by atoms with Crippen LogP contribution < -0.4 is 16.0 Å². The molecule has 1 aliphatic heterocycles. The zero-order valence-corrected chi connectivity index (χ0v) is 22.9. The minimum absolute atomic E-state index is 0.0713. The minimum Gasteiger partial charge on any atom is -0.384 e. The van der Waals surface area contributed by atoms with E-state index in [1.807, 2.05) is 0 Å². The fourth-order valence-electron chi connectivity index (χ4n) is 6.20. The maximum absolute atomic E-state index is 11.7. The third-order valence-corrected chi connectivity index (χ3v) is 9.15. The minimum atomic E-state index is -0.630. The molecule has 3 atom stereocenters. The van der Waals surface area contributed by atoms with Crippen molar-refractivity contribution in [3.8, 4) is 11.7 Å². The van der Waals surface area contributed by atoms with E-state index < -0.39 is 5.76 Å². The van der Waals surface area contributed by atoms with Gasteiger partial charge in [0.1, 0.15) is 5.52 Å². The first kappa shape index (κ1) is 25.3. The van der Waals surface area contributed by atoms with Gasteiger partial charge >= 0.3 is 5.76 Å². The predicted molar refractivity (Wildman–Crippen MR) is 145 cm³/mol.